The highest BCUT2D eigenvalue weighted by Gasteiger charge is 2.14. The summed E-state index contributed by atoms with van der Waals surface area (Å²) in [5.74, 6) is -0.577. The SMILES string of the molecule is COc1ccccc1NC(=O)/C(=C\c1cccc([N+](=O)[O-])c1)NC(C)=O. The van der Waals surface area contributed by atoms with Gasteiger partial charge in [-0.25, -0.2) is 0 Å². The van der Waals surface area contributed by atoms with E-state index in [1.54, 1.807) is 30.3 Å². The number of nitro benzene ring substituents is 1. The first-order valence-corrected chi connectivity index (χ1v) is 7.59. The van der Waals surface area contributed by atoms with Crippen LogP contribution in [0.1, 0.15) is 12.5 Å². The summed E-state index contributed by atoms with van der Waals surface area (Å²) in [6, 6.07) is 12.5. The maximum Gasteiger partial charge on any atom is 0.272 e. The lowest BCUT2D eigenvalue weighted by Crippen LogP contribution is -2.29. The summed E-state index contributed by atoms with van der Waals surface area (Å²) >= 11 is 0. The van der Waals surface area contributed by atoms with Crippen LogP contribution in [0.3, 0.4) is 0 Å². The molecule has 134 valence electrons. The fourth-order valence-corrected chi connectivity index (χ4v) is 2.18. The maximum absolute atomic E-state index is 12.6. The van der Waals surface area contributed by atoms with E-state index in [4.69, 9.17) is 4.74 Å². The summed E-state index contributed by atoms with van der Waals surface area (Å²) in [6.07, 6.45) is 1.36. The van der Waals surface area contributed by atoms with Gasteiger partial charge in [-0.15, -0.1) is 0 Å². The van der Waals surface area contributed by atoms with Crippen molar-refractivity contribution in [2.24, 2.45) is 0 Å². The lowest BCUT2D eigenvalue weighted by atomic mass is 10.1. The number of benzene rings is 2. The van der Waals surface area contributed by atoms with Crippen molar-refractivity contribution in [3.63, 3.8) is 0 Å². The van der Waals surface area contributed by atoms with Gasteiger partial charge in [-0.1, -0.05) is 24.3 Å². The number of carbonyl (C=O) groups is 2. The molecule has 0 aliphatic rings. The van der Waals surface area contributed by atoms with Gasteiger partial charge in [-0.05, 0) is 23.8 Å². The van der Waals surface area contributed by atoms with Crippen molar-refractivity contribution in [3.8, 4) is 5.75 Å². The van der Waals surface area contributed by atoms with E-state index in [0.717, 1.165) is 0 Å². The normalized spacial score (nSPS) is 10.8. The van der Waals surface area contributed by atoms with Crippen LogP contribution in [0, 0.1) is 10.1 Å². The molecule has 0 fully saturated rings. The molecular weight excluding hydrogens is 338 g/mol. The molecule has 0 spiro atoms. The van der Waals surface area contributed by atoms with Gasteiger partial charge in [-0.2, -0.15) is 0 Å². The molecule has 0 radical (unpaired) electrons. The second kappa shape index (κ2) is 8.43. The summed E-state index contributed by atoms with van der Waals surface area (Å²) in [5.41, 5.74) is 0.656. The fourth-order valence-electron chi connectivity index (χ4n) is 2.18. The number of nitrogens with one attached hydrogen (secondary N) is 2. The van der Waals surface area contributed by atoms with Gasteiger partial charge in [0.05, 0.1) is 17.7 Å². The number of rotatable bonds is 6. The van der Waals surface area contributed by atoms with Gasteiger partial charge in [0.15, 0.2) is 0 Å². The van der Waals surface area contributed by atoms with E-state index in [1.807, 2.05) is 0 Å². The van der Waals surface area contributed by atoms with Gasteiger partial charge < -0.3 is 15.4 Å². The summed E-state index contributed by atoms with van der Waals surface area (Å²) in [7, 11) is 1.47. The molecule has 2 amide bonds. The Morgan fingerprint density at radius 1 is 1.15 bits per heavy atom. The first-order chi connectivity index (χ1) is 12.4. The third-order valence-electron chi connectivity index (χ3n) is 3.30. The Morgan fingerprint density at radius 3 is 2.54 bits per heavy atom. The molecule has 0 heterocycles. The zero-order valence-electron chi connectivity index (χ0n) is 14.2. The molecule has 2 aromatic carbocycles. The van der Waals surface area contributed by atoms with Crippen molar-refractivity contribution in [3.05, 3.63) is 69.9 Å². The molecule has 0 saturated heterocycles. The number of nitro groups is 1. The van der Waals surface area contributed by atoms with Crippen LogP contribution in [-0.2, 0) is 9.59 Å². The topological polar surface area (TPSA) is 111 Å². The second-order valence-electron chi connectivity index (χ2n) is 5.25. The largest absolute Gasteiger partial charge is 0.495 e. The molecule has 2 aromatic rings. The van der Waals surface area contributed by atoms with E-state index in [-0.39, 0.29) is 11.4 Å². The molecule has 26 heavy (non-hydrogen) atoms. The number of ether oxygens (including phenoxy) is 1. The number of non-ortho nitro benzene ring substituents is 1. The molecule has 2 N–H and O–H groups in total. The molecule has 0 bridgehead atoms. The molecule has 0 aromatic heterocycles. The molecule has 2 rings (SSSR count). The van der Waals surface area contributed by atoms with E-state index < -0.39 is 16.7 Å². The van der Waals surface area contributed by atoms with Crippen molar-refractivity contribution >= 4 is 29.3 Å². The number of methoxy groups -OCH3 is 1. The third-order valence-corrected chi connectivity index (χ3v) is 3.30. The number of hydrogen-bond donors (Lipinski definition) is 2. The van der Waals surface area contributed by atoms with Crippen LogP contribution < -0.4 is 15.4 Å². The molecular formula is C18H17N3O5. The monoisotopic (exact) mass is 355 g/mol. The number of nitrogens with zero attached hydrogens (tertiary/aromatic N) is 1. The first kappa shape index (κ1) is 18.7. The number of hydrogen-bond acceptors (Lipinski definition) is 5. The van der Waals surface area contributed by atoms with Gasteiger partial charge >= 0.3 is 0 Å². The first-order valence-electron chi connectivity index (χ1n) is 7.59. The molecule has 0 aliphatic heterocycles. The molecule has 0 saturated carbocycles. The molecule has 8 heteroatoms. The second-order valence-corrected chi connectivity index (χ2v) is 5.25. The van der Waals surface area contributed by atoms with E-state index in [1.165, 1.54) is 38.3 Å². The van der Waals surface area contributed by atoms with Crippen LogP contribution in [0.5, 0.6) is 5.75 Å². The van der Waals surface area contributed by atoms with Crippen molar-refractivity contribution in [1.29, 1.82) is 0 Å². The van der Waals surface area contributed by atoms with Crippen LogP contribution in [0.25, 0.3) is 6.08 Å². The Morgan fingerprint density at radius 2 is 1.88 bits per heavy atom. The van der Waals surface area contributed by atoms with Gasteiger partial charge in [0.1, 0.15) is 11.4 Å². The minimum Gasteiger partial charge on any atom is -0.495 e. The smallest absolute Gasteiger partial charge is 0.272 e. The predicted octanol–water partition coefficient (Wildman–Crippen LogP) is 2.72. The van der Waals surface area contributed by atoms with E-state index in [2.05, 4.69) is 10.6 Å². The van der Waals surface area contributed by atoms with Crippen molar-refractivity contribution < 1.29 is 19.2 Å². The Hall–Kier alpha value is -3.68. The minimum absolute atomic E-state index is 0.0519. The Bertz CT molecular complexity index is 877. The summed E-state index contributed by atoms with van der Waals surface area (Å²) in [5, 5.41) is 16.0. The van der Waals surface area contributed by atoms with Crippen molar-refractivity contribution in [2.75, 3.05) is 12.4 Å². The summed E-state index contributed by atoms with van der Waals surface area (Å²) in [6.45, 7) is 1.26. The quantitative estimate of drug-likeness (QED) is 0.470. The number of carbonyl (C=O) groups excluding carboxylic acids is 2. The molecule has 0 unspecified atom stereocenters. The zero-order valence-corrected chi connectivity index (χ0v) is 14.2. The number of amides is 2. The lowest BCUT2D eigenvalue weighted by molar-refractivity contribution is -0.384. The van der Waals surface area contributed by atoms with Crippen molar-refractivity contribution in [2.45, 2.75) is 6.92 Å². The predicted molar refractivity (Wildman–Crippen MR) is 96.5 cm³/mol. The Labute approximate surface area is 149 Å². The highest BCUT2D eigenvalue weighted by Crippen LogP contribution is 2.23. The van der Waals surface area contributed by atoms with Crippen LogP contribution >= 0.6 is 0 Å². The molecule has 8 nitrogen and oxygen atoms in total. The summed E-state index contributed by atoms with van der Waals surface area (Å²) < 4.78 is 5.17. The van der Waals surface area contributed by atoms with Crippen LogP contribution in [0.2, 0.25) is 0 Å². The minimum atomic E-state index is -0.587. The number of para-hydroxylation sites is 2. The third kappa shape index (κ3) is 4.91. The molecule has 0 atom stereocenters. The number of anilines is 1. The van der Waals surface area contributed by atoms with Gasteiger partial charge in [0.25, 0.3) is 11.6 Å². The summed E-state index contributed by atoms with van der Waals surface area (Å²) in [4.78, 5) is 34.3. The highest BCUT2D eigenvalue weighted by atomic mass is 16.6. The Balaban J connectivity index is 2.34. The van der Waals surface area contributed by atoms with Gasteiger partial charge in [0, 0.05) is 19.1 Å². The van der Waals surface area contributed by atoms with E-state index >= 15 is 0 Å². The maximum atomic E-state index is 12.6. The van der Waals surface area contributed by atoms with Crippen LogP contribution in [0.4, 0.5) is 11.4 Å². The van der Waals surface area contributed by atoms with Crippen LogP contribution in [-0.4, -0.2) is 23.8 Å². The standard InChI is InChI=1S/C18H17N3O5/c1-12(22)19-16(11-13-6-5-7-14(10-13)21(24)25)18(23)20-15-8-3-4-9-17(15)26-2/h3-11H,1-2H3,(H,19,22)(H,20,23)/b16-11+. The van der Waals surface area contributed by atoms with E-state index in [0.29, 0.717) is 17.0 Å². The average molecular weight is 355 g/mol. The molecule has 0 aliphatic carbocycles. The van der Waals surface area contributed by atoms with Crippen LogP contribution in [0.15, 0.2) is 54.2 Å². The van der Waals surface area contributed by atoms with Gasteiger partial charge in [0.2, 0.25) is 5.91 Å². The van der Waals surface area contributed by atoms with Gasteiger partial charge in [-0.3, -0.25) is 19.7 Å². The average Bonchev–Trinajstić information content (AvgIpc) is 2.61. The lowest BCUT2D eigenvalue weighted by Gasteiger charge is -2.12. The zero-order chi connectivity index (χ0) is 19.1. The highest BCUT2D eigenvalue weighted by molar-refractivity contribution is 6.09. The van der Waals surface area contributed by atoms with E-state index in [9.17, 15) is 19.7 Å². The Kier molecular flexibility index (Phi) is 6.05. The van der Waals surface area contributed by atoms with Crippen molar-refractivity contribution in [1.82, 2.24) is 5.32 Å². The fraction of sp³-hybridized carbons (Fsp3) is 0.111.